The summed E-state index contributed by atoms with van der Waals surface area (Å²) in [5.74, 6) is -0.609. The first-order valence-corrected chi connectivity index (χ1v) is 11.8. The van der Waals surface area contributed by atoms with Gasteiger partial charge in [0.2, 0.25) is 0 Å². The summed E-state index contributed by atoms with van der Waals surface area (Å²) in [5, 5.41) is 23.9. The molecule has 1 aliphatic rings. The number of rotatable bonds is 8. The standard InChI is InChI=1S/C26H25N7O5/c1-38-26(35)20-4-2-16(11-23(20)33(36)37)10-19-12-22(21(15-29-19)25(28)34)31-18-6-8-32(9-7-18)24-5-3-17(13-27)14-30-24/h2-5,11-12,14-15,18H,6-10H2,1H3,(H2,28,34)(H,29,31). The van der Waals surface area contributed by atoms with Crippen molar-refractivity contribution in [2.45, 2.75) is 25.3 Å². The van der Waals surface area contributed by atoms with Gasteiger partial charge in [-0.25, -0.2) is 9.78 Å². The Balaban J connectivity index is 1.49. The number of ether oxygens (including phenoxy) is 1. The fourth-order valence-corrected chi connectivity index (χ4v) is 4.35. The van der Waals surface area contributed by atoms with Crippen LogP contribution in [0.2, 0.25) is 0 Å². The number of aromatic nitrogens is 2. The van der Waals surface area contributed by atoms with Crippen LogP contribution in [0.25, 0.3) is 0 Å². The summed E-state index contributed by atoms with van der Waals surface area (Å²) in [7, 11) is 1.16. The van der Waals surface area contributed by atoms with E-state index in [4.69, 9.17) is 11.0 Å². The molecule has 0 aliphatic carbocycles. The highest BCUT2D eigenvalue weighted by Gasteiger charge is 2.23. The molecule has 0 atom stereocenters. The SMILES string of the molecule is COC(=O)c1ccc(Cc2cc(NC3CCN(c4ccc(C#N)cn4)CC3)c(C(N)=O)cn2)cc1[N+](=O)[O-]. The highest BCUT2D eigenvalue weighted by atomic mass is 16.6. The number of hydrogen-bond donors (Lipinski definition) is 2. The number of nitro benzene ring substituents is 1. The number of nitro groups is 1. The van der Waals surface area contributed by atoms with E-state index in [0.29, 0.717) is 22.5 Å². The molecule has 12 heteroatoms. The van der Waals surface area contributed by atoms with Crippen LogP contribution in [0.5, 0.6) is 0 Å². The number of primary amides is 1. The summed E-state index contributed by atoms with van der Waals surface area (Å²) < 4.78 is 4.62. The number of methoxy groups -OCH3 is 1. The Morgan fingerprint density at radius 2 is 1.95 bits per heavy atom. The molecule has 3 aromatic rings. The van der Waals surface area contributed by atoms with Gasteiger partial charge in [0.15, 0.2) is 0 Å². The molecular weight excluding hydrogens is 490 g/mol. The summed E-state index contributed by atoms with van der Waals surface area (Å²) in [5.41, 5.74) is 7.51. The van der Waals surface area contributed by atoms with Crippen molar-refractivity contribution in [2.75, 3.05) is 30.4 Å². The van der Waals surface area contributed by atoms with Crippen LogP contribution in [0.15, 0.2) is 48.8 Å². The van der Waals surface area contributed by atoms with Gasteiger partial charge in [0.25, 0.3) is 11.6 Å². The third-order valence-electron chi connectivity index (χ3n) is 6.33. The number of nitrogens with one attached hydrogen (secondary N) is 1. The predicted molar refractivity (Wildman–Crippen MR) is 138 cm³/mol. The maximum atomic E-state index is 12.1. The number of amides is 1. The van der Waals surface area contributed by atoms with Crippen LogP contribution in [0.1, 0.15) is 50.4 Å². The Bertz CT molecular complexity index is 1410. The number of nitriles is 1. The molecule has 1 aromatic carbocycles. The average Bonchev–Trinajstić information content (AvgIpc) is 2.93. The maximum Gasteiger partial charge on any atom is 0.344 e. The second-order valence-electron chi connectivity index (χ2n) is 8.78. The lowest BCUT2D eigenvalue weighted by atomic mass is 10.0. The van der Waals surface area contributed by atoms with Crippen LogP contribution >= 0.6 is 0 Å². The van der Waals surface area contributed by atoms with Gasteiger partial charge in [-0.15, -0.1) is 0 Å². The Morgan fingerprint density at radius 3 is 2.55 bits per heavy atom. The number of piperidine rings is 1. The second-order valence-corrected chi connectivity index (χ2v) is 8.78. The zero-order valence-electron chi connectivity index (χ0n) is 20.6. The van der Waals surface area contributed by atoms with Gasteiger partial charge in [-0.3, -0.25) is 19.9 Å². The molecular formula is C26H25N7O5. The minimum Gasteiger partial charge on any atom is -0.465 e. The molecule has 12 nitrogen and oxygen atoms in total. The molecule has 3 heterocycles. The van der Waals surface area contributed by atoms with Crippen molar-refractivity contribution in [2.24, 2.45) is 5.73 Å². The van der Waals surface area contributed by atoms with E-state index < -0.39 is 16.8 Å². The van der Waals surface area contributed by atoms with Crippen molar-refractivity contribution < 1.29 is 19.2 Å². The largest absolute Gasteiger partial charge is 0.465 e. The van der Waals surface area contributed by atoms with E-state index in [1.54, 1.807) is 24.4 Å². The Kier molecular flexibility index (Phi) is 7.77. The molecule has 1 saturated heterocycles. The molecule has 1 aliphatic heterocycles. The quantitative estimate of drug-likeness (QED) is 0.257. The second kappa shape index (κ2) is 11.3. The molecule has 3 N–H and O–H groups in total. The van der Waals surface area contributed by atoms with Crippen molar-refractivity contribution >= 4 is 29.1 Å². The first-order chi connectivity index (χ1) is 18.3. The Morgan fingerprint density at radius 1 is 1.18 bits per heavy atom. The number of carbonyl (C=O) groups is 2. The third kappa shape index (κ3) is 5.84. The highest BCUT2D eigenvalue weighted by molar-refractivity contribution is 5.98. The zero-order valence-corrected chi connectivity index (χ0v) is 20.6. The van der Waals surface area contributed by atoms with Gasteiger partial charge in [0, 0.05) is 49.7 Å². The number of nitrogens with two attached hydrogens (primary N) is 1. The van der Waals surface area contributed by atoms with Crippen molar-refractivity contribution in [3.63, 3.8) is 0 Å². The first-order valence-electron chi connectivity index (χ1n) is 11.8. The van der Waals surface area contributed by atoms with Crippen molar-refractivity contribution in [1.82, 2.24) is 9.97 Å². The van der Waals surface area contributed by atoms with Gasteiger partial charge in [-0.05, 0) is 42.7 Å². The minimum absolute atomic E-state index is 0.0680. The molecule has 2 aromatic heterocycles. The van der Waals surface area contributed by atoms with Gasteiger partial charge in [0.1, 0.15) is 17.5 Å². The van der Waals surface area contributed by atoms with Gasteiger partial charge in [0.05, 0.1) is 28.8 Å². The Labute approximate surface area is 218 Å². The first kappa shape index (κ1) is 26.0. The van der Waals surface area contributed by atoms with Gasteiger partial charge in [-0.1, -0.05) is 6.07 Å². The van der Waals surface area contributed by atoms with Crippen LogP contribution in [0, 0.1) is 21.4 Å². The van der Waals surface area contributed by atoms with Gasteiger partial charge >= 0.3 is 5.97 Å². The van der Waals surface area contributed by atoms with Crippen LogP contribution in [-0.2, 0) is 11.2 Å². The molecule has 0 unspecified atom stereocenters. The molecule has 0 spiro atoms. The lowest BCUT2D eigenvalue weighted by molar-refractivity contribution is -0.385. The lowest BCUT2D eigenvalue weighted by Gasteiger charge is -2.34. The predicted octanol–water partition coefficient (Wildman–Crippen LogP) is 2.81. The van der Waals surface area contributed by atoms with E-state index in [1.807, 2.05) is 6.07 Å². The monoisotopic (exact) mass is 515 g/mol. The molecule has 1 fully saturated rings. The summed E-state index contributed by atoms with van der Waals surface area (Å²) in [4.78, 5) is 45.6. The van der Waals surface area contributed by atoms with E-state index >= 15 is 0 Å². The number of hydrogen-bond acceptors (Lipinski definition) is 10. The number of benzene rings is 1. The highest BCUT2D eigenvalue weighted by Crippen LogP contribution is 2.26. The number of carbonyl (C=O) groups excluding carboxylic acids is 2. The molecule has 194 valence electrons. The molecule has 38 heavy (non-hydrogen) atoms. The van der Waals surface area contributed by atoms with E-state index in [1.165, 1.54) is 18.3 Å². The van der Waals surface area contributed by atoms with E-state index in [-0.39, 0.29) is 29.3 Å². The van der Waals surface area contributed by atoms with Crippen LogP contribution < -0.4 is 16.0 Å². The molecule has 0 saturated carbocycles. The molecule has 0 bridgehead atoms. The van der Waals surface area contributed by atoms with Crippen LogP contribution in [0.4, 0.5) is 17.2 Å². The lowest BCUT2D eigenvalue weighted by Crippen LogP contribution is -2.39. The summed E-state index contributed by atoms with van der Waals surface area (Å²) >= 11 is 0. The molecule has 1 amide bonds. The van der Waals surface area contributed by atoms with E-state index in [2.05, 4.69) is 31.0 Å². The third-order valence-corrected chi connectivity index (χ3v) is 6.33. The number of nitrogens with zero attached hydrogens (tertiary/aromatic N) is 5. The fourth-order valence-electron chi connectivity index (χ4n) is 4.35. The topological polar surface area (TPSA) is 177 Å². The Hall–Kier alpha value is -5.05. The van der Waals surface area contributed by atoms with Crippen molar-refractivity contribution in [1.29, 1.82) is 5.26 Å². The number of anilines is 2. The minimum atomic E-state index is -0.792. The normalized spacial score (nSPS) is 13.4. The number of esters is 1. The van der Waals surface area contributed by atoms with Gasteiger partial charge in [-0.2, -0.15) is 5.26 Å². The fraction of sp³-hybridized carbons (Fsp3) is 0.269. The van der Waals surface area contributed by atoms with Crippen LogP contribution in [0.3, 0.4) is 0 Å². The number of pyridine rings is 2. The average molecular weight is 516 g/mol. The van der Waals surface area contributed by atoms with E-state index in [0.717, 1.165) is 38.9 Å². The van der Waals surface area contributed by atoms with Crippen molar-refractivity contribution in [3.05, 3.63) is 86.9 Å². The zero-order chi connectivity index (χ0) is 27.2. The molecule has 0 radical (unpaired) electrons. The smallest absolute Gasteiger partial charge is 0.344 e. The van der Waals surface area contributed by atoms with E-state index in [9.17, 15) is 19.7 Å². The molecule has 4 rings (SSSR count). The summed E-state index contributed by atoms with van der Waals surface area (Å²) in [6.45, 7) is 1.47. The summed E-state index contributed by atoms with van der Waals surface area (Å²) in [6, 6.07) is 11.7. The summed E-state index contributed by atoms with van der Waals surface area (Å²) in [6.07, 6.45) is 4.73. The van der Waals surface area contributed by atoms with Crippen LogP contribution in [-0.4, -0.2) is 53.0 Å². The van der Waals surface area contributed by atoms with Gasteiger partial charge < -0.3 is 20.7 Å². The maximum absolute atomic E-state index is 12.1. The van der Waals surface area contributed by atoms with Crippen molar-refractivity contribution in [3.8, 4) is 6.07 Å².